The van der Waals surface area contributed by atoms with Crippen molar-refractivity contribution in [1.29, 1.82) is 0 Å². The quantitative estimate of drug-likeness (QED) is 0.374. The minimum Gasteiger partial charge on any atom is -0.366 e. The molecule has 0 aromatic heterocycles. The molecule has 0 radical (unpaired) electrons. The smallest absolute Gasteiger partial charge is 0.113 e. The van der Waals surface area contributed by atoms with Gasteiger partial charge in [0.05, 0.1) is 6.61 Å². The van der Waals surface area contributed by atoms with Gasteiger partial charge in [0, 0.05) is 0 Å². The molecule has 1 nitrogen and oxygen atoms in total. The Morgan fingerprint density at radius 1 is 1.71 bits per heavy atom. The average Bonchev–Trinajstić information content (AvgIpc) is 1.69. The number of hydrogen-bond donors (Lipinski definition) is 0. The molecule has 0 N–H and O–H groups in total. The summed E-state index contributed by atoms with van der Waals surface area (Å²) in [4.78, 5) is 0. The van der Waals surface area contributed by atoms with Gasteiger partial charge in [0.2, 0.25) is 0 Å². The van der Waals surface area contributed by atoms with Crippen LogP contribution in [0.2, 0.25) is 0 Å². The number of halogens is 1. The molecule has 0 fully saturated rings. The van der Waals surface area contributed by atoms with Crippen molar-refractivity contribution < 1.29 is 9.13 Å². The lowest BCUT2D eigenvalue weighted by molar-refractivity contribution is 0.148. The monoisotopic (exact) mass is 101 g/mol. The van der Waals surface area contributed by atoms with Gasteiger partial charge in [0.25, 0.3) is 0 Å². The molecule has 0 saturated heterocycles. The van der Waals surface area contributed by atoms with Crippen LogP contribution in [0.15, 0.2) is 0 Å². The first-order valence-corrected chi connectivity index (χ1v) is 1.99. The van der Waals surface area contributed by atoms with Crippen LogP contribution in [0.4, 0.5) is 4.39 Å². The zero-order valence-corrected chi connectivity index (χ0v) is 3.98. The molecule has 0 spiro atoms. The molecular formula is C5H7FO. The molecule has 2 heteroatoms. The lowest BCUT2D eigenvalue weighted by Gasteiger charge is -1.89. The molecule has 0 aromatic rings. The topological polar surface area (TPSA) is 9.23 Å². The Kier molecular flexibility index (Phi) is 5.02. The second-order valence-corrected chi connectivity index (χ2v) is 0.946. The molecule has 0 amide bonds. The van der Waals surface area contributed by atoms with E-state index in [2.05, 4.69) is 10.7 Å². The summed E-state index contributed by atoms with van der Waals surface area (Å²) in [6.07, 6.45) is 4.77. The summed E-state index contributed by atoms with van der Waals surface area (Å²) >= 11 is 0. The fraction of sp³-hybridized carbons (Fsp3) is 0.600. The molecule has 0 bridgehead atoms. The van der Waals surface area contributed by atoms with Gasteiger partial charge in [-0.15, -0.1) is 6.42 Å². The Morgan fingerprint density at radius 2 is 2.43 bits per heavy atom. The highest BCUT2D eigenvalue weighted by Crippen LogP contribution is 1.71. The van der Waals surface area contributed by atoms with Crippen molar-refractivity contribution in [2.24, 2.45) is 0 Å². The van der Waals surface area contributed by atoms with E-state index >= 15 is 0 Å². The van der Waals surface area contributed by atoms with Crippen LogP contribution >= 0.6 is 0 Å². The Bertz CT molecular complexity index is 65.0. The number of hydrogen-bond acceptors (Lipinski definition) is 1. The zero-order chi connectivity index (χ0) is 5.54. The third-order valence-corrected chi connectivity index (χ3v) is 0.407. The molecule has 0 unspecified atom stereocenters. The summed E-state index contributed by atoms with van der Waals surface area (Å²) in [5.41, 5.74) is 0. The molecule has 0 aliphatic carbocycles. The highest BCUT2D eigenvalue weighted by Gasteiger charge is 1.77. The van der Waals surface area contributed by atoms with E-state index in [4.69, 9.17) is 6.42 Å². The van der Waals surface area contributed by atoms with Crippen molar-refractivity contribution in [2.75, 3.05) is 19.9 Å². The normalized spacial score (nSPS) is 8.00. The van der Waals surface area contributed by atoms with Crippen molar-refractivity contribution in [3.8, 4) is 12.3 Å². The van der Waals surface area contributed by atoms with Crippen LogP contribution in [0.5, 0.6) is 0 Å². The molecule has 0 saturated carbocycles. The standard InChI is InChI=1S/C5H7FO/c1-2-4-7-5-3-6/h1H,3-5H2/i6-1. The summed E-state index contributed by atoms with van der Waals surface area (Å²) < 4.78 is 15.6. The summed E-state index contributed by atoms with van der Waals surface area (Å²) in [6, 6.07) is 0. The number of rotatable bonds is 3. The summed E-state index contributed by atoms with van der Waals surface area (Å²) in [7, 11) is 0. The maximum absolute atomic E-state index is 11.1. The van der Waals surface area contributed by atoms with Gasteiger partial charge in [-0.25, -0.2) is 4.39 Å². The maximum Gasteiger partial charge on any atom is 0.113 e. The van der Waals surface area contributed by atoms with Crippen molar-refractivity contribution in [1.82, 2.24) is 0 Å². The van der Waals surface area contributed by atoms with Crippen molar-refractivity contribution in [3.05, 3.63) is 0 Å². The van der Waals surface area contributed by atoms with Crippen LogP contribution in [0, 0.1) is 12.3 Å². The van der Waals surface area contributed by atoms with Crippen LogP contribution in [-0.2, 0) is 4.74 Å². The Morgan fingerprint density at radius 3 is 2.86 bits per heavy atom. The maximum atomic E-state index is 11.1. The van der Waals surface area contributed by atoms with E-state index in [0.717, 1.165) is 0 Å². The summed E-state index contributed by atoms with van der Waals surface area (Å²) in [5.74, 6) is 2.21. The average molecular weight is 101 g/mol. The van der Waals surface area contributed by atoms with Gasteiger partial charge in [-0.1, -0.05) is 5.92 Å². The highest BCUT2D eigenvalue weighted by atomic mass is 18.2. The number of ether oxygens (including phenoxy) is 1. The lowest BCUT2D eigenvalue weighted by atomic mass is 10.7. The second kappa shape index (κ2) is 5.45. The van der Waals surface area contributed by atoms with Gasteiger partial charge in [-0.05, 0) is 0 Å². The van der Waals surface area contributed by atoms with Gasteiger partial charge in [-0.2, -0.15) is 0 Å². The molecule has 7 heavy (non-hydrogen) atoms. The fourth-order valence-electron chi connectivity index (χ4n) is 0.186. The summed E-state index contributed by atoms with van der Waals surface area (Å²) in [6.45, 7) is -0.129. The molecule has 0 atom stereocenters. The molecule has 0 aliphatic heterocycles. The Balaban J connectivity index is 2.60. The van der Waals surface area contributed by atoms with Crippen LogP contribution < -0.4 is 0 Å². The molecule has 40 valence electrons. The highest BCUT2D eigenvalue weighted by molar-refractivity contribution is 4.82. The van der Waals surface area contributed by atoms with Crippen LogP contribution in [0.1, 0.15) is 0 Å². The molecule has 0 rings (SSSR count). The van der Waals surface area contributed by atoms with E-state index in [9.17, 15) is 4.39 Å². The first kappa shape index (κ1) is 6.45. The largest absolute Gasteiger partial charge is 0.366 e. The van der Waals surface area contributed by atoms with Gasteiger partial charge in [0.1, 0.15) is 13.3 Å². The zero-order valence-electron chi connectivity index (χ0n) is 3.98. The van der Waals surface area contributed by atoms with Crippen molar-refractivity contribution in [3.63, 3.8) is 0 Å². The first-order chi connectivity index (χ1) is 3.41. The fourth-order valence-corrected chi connectivity index (χ4v) is 0.186. The lowest BCUT2D eigenvalue weighted by Crippen LogP contribution is -1.94. The number of terminal acetylenes is 1. The number of alkyl halides is 1. The Labute approximate surface area is 42.5 Å². The SMILES string of the molecule is C#CCOCC[18F]. The second-order valence-electron chi connectivity index (χ2n) is 0.946. The van der Waals surface area contributed by atoms with Crippen LogP contribution in [0.3, 0.4) is 0 Å². The van der Waals surface area contributed by atoms with Gasteiger partial charge < -0.3 is 4.74 Å². The first-order valence-electron chi connectivity index (χ1n) is 1.99. The van der Waals surface area contributed by atoms with Gasteiger partial charge in [-0.3, -0.25) is 0 Å². The predicted molar refractivity (Wildman–Crippen MR) is 25.6 cm³/mol. The van der Waals surface area contributed by atoms with E-state index in [1.54, 1.807) is 0 Å². The molecular weight excluding hydrogens is 94.1 g/mol. The van der Waals surface area contributed by atoms with Crippen molar-refractivity contribution >= 4 is 0 Å². The minimum absolute atomic E-state index is 0.115. The molecule has 0 aromatic carbocycles. The minimum atomic E-state index is -0.457. The van der Waals surface area contributed by atoms with E-state index < -0.39 is 6.67 Å². The van der Waals surface area contributed by atoms with E-state index in [1.807, 2.05) is 0 Å². The molecule has 0 aliphatic rings. The Hall–Kier alpha value is -0.550. The van der Waals surface area contributed by atoms with E-state index in [-0.39, 0.29) is 13.2 Å². The van der Waals surface area contributed by atoms with E-state index in [0.29, 0.717) is 0 Å². The predicted octanol–water partition coefficient (Wildman–Crippen LogP) is 0.606. The van der Waals surface area contributed by atoms with Crippen molar-refractivity contribution in [2.45, 2.75) is 0 Å². The van der Waals surface area contributed by atoms with Gasteiger partial charge >= 0.3 is 0 Å². The molecule has 0 heterocycles. The third kappa shape index (κ3) is 5.45. The van der Waals surface area contributed by atoms with Crippen LogP contribution in [-0.4, -0.2) is 19.9 Å². The van der Waals surface area contributed by atoms with Gasteiger partial charge in [0.15, 0.2) is 0 Å². The summed E-state index contributed by atoms with van der Waals surface area (Å²) in [5, 5.41) is 0. The third-order valence-electron chi connectivity index (χ3n) is 0.407. The van der Waals surface area contributed by atoms with E-state index in [1.165, 1.54) is 0 Å². The van der Waals surface area contributed by atoms with Crippen LogP contribution in [0.25, 0.3) is 0 Å².